The molecule has 0 aliphatic carbocycles. The number of unbranched alkanes of at least 4 members (excludes halogenated alkanes) is 32. The first-order valence-corrected chi connectivity index (χ1v) is 25.4. The quantitative estimate of drug-likeness (QED) is 0.0346. The Morgan fingerprint density at radius 2 is 0.614 bits per heavy atom. The smallest absolute Gasteiger partial charge is 0.306 e. The van der Waals surface area contributed by atoms with E-state index in [1.54, 1.807) is 0 Å². The predicted octanol–water partition coefficient (Wildman–Crippen LogP) is 16.3. The van der Waals surface area contributed by atoms with Crippen LogP contribution in [0.3, 0.4) is 0 Å². The Kier molecular flexibility index (Phi) is 44.2. The van der Waals surface area contributed by atoms with Crippen molar-refractivity contribution in [2.24, 2.45) is 5.92 Å². The lowest BCUT2D eigenvalue weighted by Crippen LogP contribution is -2.30. The molecule has 0 rings (SSSR count). The Hall–Kier alpha value is -1.59. The molecule has 338 valence electrons. The highest BCUT2D eigenvalue weighted by molar-refractivity contribution is 5.71. The molecule has 6 nitrogen and oxygen atoms in total. The number of hydrogen-bond donors (Lipinski definition) is 0. The summed E-state index contributed by atoms with van der Waals surface area (Å²) in [7, 11) is 0. The van der Waals surface area contributed by atoms with Gasteiger partial charge < -0.3 is 14.2 Å². The van der Waals surface area contributed by atoms with Crippen LogP contribution in [0.15, 0.2) is 0 Å². The first kappa shape index (κ1) is 55.4. The van der Waals surface area contributed by atoms with Crippen molar-refractivity contribution in [3.8, 4) is 0 Å². The molecule has 0 saturated heterocycles. The van der Waals surface area contributed by atoms with E-state index in [1.807, 2.05) is 0 Å². The standard InChI is InChI=1S/C51H98O6/c1-5-8-10-12-14-16-18-20-21-22-23-24-26-28-30-35-39-43-50(53)56-46-48(57-51(54)44-40-36-32-31-33-37-41-47(4)7-3)45-55-49(52)42-38-34-29-27-25-19-17-15-13-11-9-6-2/h47-48H,5-46H2,1-4H3/t47?,48-/m0/s1. The minimum atomic E-state index is -0.761. The maximum absolute atomic E-state index is 12.7. The van der Waals surface area contributed by atoms with Crippen molar-refractivity contribution in [3.63, 3.8) is 0 Å². The molecule has 0 spiro atoms. The Labute approximate surface area is 355 Å². The highest BCUT2D eigenvalue weighted by Crippen LogP contribution is 2.17. The molecule has 0 aromatic heterocycles. The number of ether oxygens (including phenoxy) is 3. The summed E-state index contributed by atoms with van der Waals surface area (Å²) in [5.41, 5.74) is 0. The van der Waals surface area contributed by atoms with Crippen LogP contribution in [0.4, 0.5) is 0 Å². The maximum atomic E-state index is 12.7. The summed E-state index contributed by atoms with van der Waals surface area (Å²) in [6, 6.07) is 0. The molecule has 0 aliphatic heterocycles. The third-order valence-electron chi connectivity index (χ3n) is 11.9. The summed E-state index contributed by atoms with van der Waals surface area (Å²) in [5.74, 6) is -0.0401. The van der Waals surface area contributed by atoms with E-state index in [4.69, 9.17) is 14.2 Å². The number of hydrogen-bond acceptors (Lipinski definition) is 6. The largest absolute Gasteiger partial charge is 0.462 e. The molecular formula is C51H98O6. The lowest BCUT2D eigenvalue weighted by molar-refractivity contribution is -0.167. The van der Waals surface area contributed by atoms with Crippen molar-refractivity contribution in [3.05, 3.63) is 0 Å². The first-order valence-electron chi connectivity index (χ1n) is 25.4. The van der Waals surface area contributed by atoms with Crippen LogP contribution in [0.25, 0.3) is 0 Å². The number of rotatable bonds is 46. The van der Waals surface area contributed by atoms with Crippen LogP contribution in [0.2, 0.25) is 0 Å². The summed E-state index contributed by atoms with van der Waals surface area (Å²) in [6.45, 7) is 8.99. The fraction of sp³-hybridized carbons (Fsp3) is 0.941. The molecule has 2 atom stereocenters. The van der Waals surface area contributed by atoms with Crippen molar-refractivity contribution in [1.29, 1.82) is 0 Å². The molecule has 0 radical (unpaired) electrons. The molecule has 0 amide bonds. The molecule has 0 fully saturated rings. The predicted molar refractivity (Wildman–Crippen MR) is 243 cm³/mol. The zero-order valence-electron chi connectivity index (χ0n) is 38.8. The molecular weight excluding hydrogens is 709 g/mol. The van der Waals surface area contributed by atoms with E-state index in [2.05, 4.69) is 27.7 Å². The maximum Gasteiger partial charge on any atom is 0.306 e. The van der Waals surface area contributed by atoms with Crippen LogP contribution in [-0.2, 0) is 28.6 Å². The second-order valence-corrected chi connectivity index (χ2v) is 17.7. The molecule has 0 saturated carbocycles. The highest BCUT2D eigenvalue weighted by Gasteiger charge is 2.19. The topological polar surface area (TPSA) is 78.9 Å². The van der Waals surface area contributed by atoms with Gasteiger partial charge in [-0.3, -0.25) is 14.4 Å². The molecule has 0 aliphatic rings. The fourth-order valence-corrected chi connectivity index (χ4v) is 7.66. The first-order chi connectivity index (χ1) is 27.9. The van der Waals surface area contributed by atoms with Gasteiger partial charge in [0.2, 0.25) is 0 Å². The van der Waals surface area contributed by atoms with Gasteiger partial charge in [-0.1, -0.05) is 246 Å². The van der Waals surface area contributed by atoms with Gasteiger partial charge in [-0.25, -0.2) is 0 Å². The molecule has 57 heavy (non-hydrogen) atoms. The van der Waals surface area contributed by atoms with E-state index in [-0.39, 0.29) is 31.1 Å². The van der Waals surface area contributed by atoms with Crippen LogP contribution in [0, 0.1) is 5.92 Å². The van der Waals surface area contributed by atoms with Crippen molar-refractivity contribution < 1.29 is 28.6 Å². The Bertz CT molecular complexity index is 859. The monoisotopic (exact) mass is 807 g/mol. The second kappa shape index (κ2) is 45.5. The van der Waals surface area contributed by atoms with Crippen molar-refractivity contribution in [2.75, 3.05) is 13.2 Å². The second-order valence-electron chi connectivity index (χ2n) is 17.7. The van der Waals surface area contributed by atoms with E-state index in [0.29, 0.717) is 19.3 Å². The average Bonchev–Trinajstić information content (AvgIpc) is 3.21. The van der Waals surface area contributed by atoms with E-state index < -0.39 is 6.10 Å². The van der Waals surface area contributed by atoms with Gasteiger partial charge in [-0.2, -0.15) is 0 Å². The summed E-state index contributed by atoms with van der Waals surface area (Å²) >= 11 is 0. The number of esters is 3. The Morgan fingerprint density at radius 1 is 0.351 bits per heavy atom. The molecule has 0 N–H and O–H groups in total. The Morgan fingerprint density at radius 3 is 0.912 bits per heavy atom. The van der Waals surface area contributed by atoms with Gasteiger partial charge in [0.1, 0.15) is 13.2 Å². The van der Waals surface area contributed by atoms with Gasteiger partial charge in [0.25, 0.3) is 0 Å². The van der Waals surface area contributed by atoms with E-state index in [9.17, 15) is 14.4 Å². The summed E-state index contributed by atoms with van der Waals surface area (Å²) < 4.78 is 16.8. The van der Waals surface area contributed by atoms with Crippen LogP contribution in [0.5, 0.6) is 0 Å². The van der Waals surface area contributed by atoms with Crippen molar-refractivity contribution in [2.45, 2.75) is 291 Å². The van der Waals surface area contributed by atoms with E-state index in [0.717, 1.165) is 63.7 Å². The molecule has 0 bridgehead atoms. The SMILES string of the molecule is CCCCCCCCCCCCCCCCCCCC(=O)OC[C@H](COC(=O)CCCCCCCCCCCCCC)OC(=O)CCCCCCCCC(C)CC. The highest BCUT2D eigenvalue weighted by atomic mass is 16.6. The van der Waals surface area contributed by atoms with Gasteiger partial charge in [-0.15, -0.1) is 0 Å². The van der Waals surface area contributed by atoms with E-state index >= 15 is 0 Å². The molecule has 0 aromatic rings. The summed E-state index contributed by atoms with van der Waals surface area (Å²) in [6.07, 6.45) is 46.6. The summed E-state index contributed by atoms with van der Waals surface area (Å²) in [5, 5.41) is 0. The fourth-order valence-electron chi connectivity index (χ4n) is 7.66. The zero-order valence-corrected chi connectivity index (χ0v) is 38.8. The van der Waals surface area contributed by atoms with Crippen LogP contribution < -0.4 is 0 Å². The third-order valence-corrected chi connectivity index (χ3v) is 11.9. The zero-order chi connectivity index (χ0) is 41.7. The Balaban J connectivity index is 4.26. The van der Waals surface area contributed by atoms with Crippen LogP contribution in [-0.4, -0.2) is 37.2 Å². The van der Waals surface area contributed by atoms with Gasteiger partial charge in [0.15, 0.2) is 6.10 Å². The lowest BCUT2D eigenvalue weighted by atomic mass is 10.00. The molecule has 0 heterocycles. The van der Waals surface area contributed by atoms with Gasteiger partial charge in [0, 0.05) is 19.3 Å². The summed E-state index contributed by atoms with van der Waals surface area (Å²) in [4.78, 5) is 37.8. The van der Waals surface area contributed by atoms with Crippen LogP contribution in [0.1, 0.15) is 285 Å². The molecule has 1 unspecified atom stereocenters. The van der Waals surface area contributed by atoms with Gasteiger partial charge in [0.05, 0.1) is 0 Å². The van der Waals surface area contributed by atoms with Crippen molar-refractivity contribution in [1.82, 2.24) is 0 Å². The van der Waals surface area contributed by atoms with Crippen LogP contribution >= 0.6 is 0 Å². The average molecular weight is 807 g/mol. The normalized spacial score (nSPS) is 12.4. The molecule has 0 aromatic carbocycles. The van der Waals surface area contributed by atoms with Crippen molar-refractivity contribution >= 4 is 17.9 Å². The minimum Gasteiger partial charge on any atom is -0.462 e. The van der Waals surface area contributed by atoms with E-state index in [1.165, 1.54) is 180 Å². The minimum absolute atomic E-state index is 0.0639. The van der Waals surface area contributed by atoms with Gasteiger partial charge >= 0.3 is 17.9 Å². The lowest BCUT2D eigenvalue weighted by Gasteiger charge is -2.18. The third kappa shape index (κ3) is 43.8. The number of carbonyl (C=O) groups is 3. The van der Waals surface area contributed by atoms with Gasteiger partial charge in [-0.05, 0) is 25.2 Å². The molecule has 6 heteroatoms. The number of carbonyl (C=O) groups excluding carboxylic acids is 3.